The first kappa shape index (κ1) is 18.1. The van der Waals surface area contributed by atoms with Gasteiger partial charge in [-0.2, -0.15) is 0 Å². The summed E-state index contributed by atoms with van der Waals surface area (Å²) in [5.41, 5.74) is 0.102. The molecule has 1 fully saturated rings. The largest absolute Gasteiger partial charge is 0.351 e. The molecule has 1 aliphatic rings. The molecular weight excluding hydrogens is 331 g/mol. The molecule has 1 amide bonds. The highest BCUT2D eigenvalue weighted by molar-refractivity contribution is 5.94. The number of nitrogens with one attached hydrogen (secondary N) is 2. The van der Waals surface area contributed by atoms with Gasteiger partial charge in [0.1, 0.15) is 5.82 Å². The zero-order valence-electron chi connectivity index (χ0n) is 13.1. The number of amides is 1. The third kappa shape index (κ3) is 4.64. The normalized spacial score (nSPS) is 19.9. The van der Waals surface area contributed by atoms with E-state index in [2.05, 4.69) is 20.6 Å². The Morgan fingerprint density at radius 1 is 1.00 bits per heavy atom. The van der Waals surface area contributed by atoms with E-state index in [1.54, 1.807) is 30.6 Å². The molecule has 0 spiro atoms. The molecule has 0 radical (unpaired) electrons. The average Bonchev–Trinajstić information content (AvgIpc) is 2.58. The Balaban J connectivity index is 0.00000208. The second-order valence-electron chi connectivity index (χ2n) is 5.72. The van der Waals surface area contributed by atoms with Crippen LogP contribution in [-0.4, -0.2) is 28.0 Å². The first-order valence-electron chi connectivity index (χ1n) is 7.81. The molecule has 2 aromatic rings. The molecule has 0 bridgehead atoms. The van der Waals surface area contributed by atoms with E-state index in [1.165, 1.54) is 12.1 Å². The van der Waals surface area contributed by atoms with E-state index in [9.17, 15) is 9.18 Å². The fraction of sp³-hybridized carbons (Fsp3) is 0.353. The van der Waals surface area contributed by atoms with Crippen LogP contribution in [0.5, 0.6) is 0 Å². The summed E-state index contributed by atoms with van der Waals surface area (Å²) in [5.74, 6) is -0.196. The number of rotatable bonds is 4. The number of nitrogens with zero attached hydrogens (tertiary/aromatic N) is 2. The number of aromatic nitrogens is 2. The lowest BCUT2D eigenvalue weighted by atomic mass is 9.91. The fourth-order valence-electron chi connectivity index (χ4n) is 2.85. The molecule has 1 aromatic carbocycles. The molecule has 1 aromatic heterocycles. The molecule has 1 saturated carbocycles. The number of hydrogen-bond acceptors (Lipinski definition) is 4. The maximum Gasteiger partial charge on any atom is 0.254 e. The van der Waals surface area contributed by atoms with Crippen molar-refractivity contribution in [1.29, 1.82) is 0 Å². The molecule has 0 saturated heterocycles. The standard InChI is InChI=1S/C17H19FN4O.ClH/c18-15-5-2-1-4-14(15)16(23)21-12-6-8-13(9-7-12)22-17-19-10-3-11-20-17;/h1-5,10-13H,6-9H2,(H,21,23)(H,19,20,22);1H. The van der Waals surface area contributed by atoms with E-state index < -0.39 is 5.82 Å². The Bertz CT molecular complexity index is 663. The summed E-state index contributed by atoms with van der Waals surface area (Å²) in [5, 5.41) is 6.22. The van der Waals surface area contributed by atoms with Crippen molar-refractivity contribution in [3.8, 4) is 0 Å². The molecule has 5 nitrogen and oxygen atoms in total. The predicted molar refractivity (Wildman–Crippen MR) is 92.8 cm³/mol. The van der Waals surface area contributed by atoms with Gasteiger partial charge < -0.3 is 10.6 Å². The second kappa shape index (κ2) is 8.59. The van der Waals surface area contributed by atoms with Gasteiger partial charge >= 0.3 is 0 Å². The Hall–Kier alpha value is -2.21. The summed E-state index contributed by atoms with van der Waals surface area (Å²) in [4.78, 5) is 20.4. The number of hydrogen-bond donors (Lipinski definition) is 2. The number of anilines is 1. The molecule has 7 heteroatoms. The third-order valence-electron chi connectivity index (χ3n) is 4.08. The van der Waals surface area contributed by atoms with E-state index in [0.29, 0.717) is 12.0 Å². The summed E-state index contributed by atoms with van der Waals surface area (Å²) in [6, 6.07) is 8.21. The van der Waals surface area contributed by atoms with E-state index in [1.807, 2.05) is 0 Å². The van der Waals surface area contributed by atoms with Crippen LogP contribution in [0.4, 0.5) is 10.3 Å². The summed E-state index contributed by atoms with van der Waals surface area (Å²) in [6.07, 6.45) is 6.95. The molecule has 128 valence electrons. The van der Waals surface area contributed by atoms with Gasteiger partial charge in [-0.3, -0.25) is 4.79 Å². The van der Waals surface area contributed by atoms with Crippen LogP contribution in [0.2, 0.25) is 0 Å². The van der Waals surface area contributed by atoms with E-state index in [4.69, 9.17) is 0 Å². The Morgan fingerprint density at radius 2 is 1.62 bits per heavy atom. The Morgan fingerprint density at radius 3 is 2.29 bits per heavy atom. The van der Waals surface area contributed by atoms with Gasteiger partial charge in [-0.15, -0.1) is 12.4 Å². The molecule has 24 heavy (non-hydrogen) atoms. The van der Waals surface area contributed by atoms with Crippen LogP contribution in [0.25, 0.3) is 0 Å². The quantitative estimate of drug-likeness (QED) is 0.888. The number of carbonyl (C=O) groups excluding carboxylic acids is 1. The van der Waals surface area contributed by atoms with Crippen LogP contribution in [0.15, 0.2) is 42.7 Å². The predicted octanol–water partition coefficient (Wildman–Crippen LogP) is 3.19. The highest BCUT2D eigenvalue weighted by atomic mass is 35.5. The van der Waals surface area contributed by atoms with Crippen molar-refractivity contribution >= 4 is 24.3 Å². The SMILES string of the molecule is Cl.O=C(NC1CCC(Nc2ncccn2)CC1)c1ccccc1F. The molecule has 0 aliphatic heterocycles. The minimum atomic E-state index is -0.485. The smallest absolute Gasteiger partial charge is 0.254 e. The van der Waals surface area contributed by atoms with Crippen LogP contribution in [0.1, 0.15) is 36.0 Å². The van der Waals surface area contributed by atoms with Gasteiger partial charge in [-0.25, -0.2) is 14.4 Å². The van der Waals surface area contributed by atoms with Gasteiger partial charge in [-0.05, 0) is 43.9 Å². The van der Waals surface area contributed by atoms with Gasteiger partial charge in [0.2, 0.25) is 5.95 Å². The van der Waals surface area contributed by atoms with Crippen LogP contribution >= 0.6 is 12.4 Å². The van der Waals surface area contributed by atoms with E-state index >= 15 is 0 Å². The zero-order valence-corrected chi connectivity index (χ0v) is 13.9. The lowest BCUT2D eigenvalue weighted by Gasteiger charge is -2.29. The Labute approximate surface area is 146 Å². The van der Waals surface area contributed by atoms with Gasteiger partial charge in [0.15, 0.2) is 0 Å². The van der Waals surface area contributed by atoms with E-state index in [-0.39, 0.29) is 29.9 Å². The third-order valence-corrected chi connectivity index (χ3v) is 4.08. The monoisotopic (exact) mass is 350 g/mol. The first-order valence-corrected chi connectivity index (χ1v) is 7.81. The summed E-state index contributed by atoms with van der Waals surface area (Å²) < 4.78 is 13.6. The van der Waals surface area contributed by atoms with Gasteiger partial charge in [0, 0.05) is 24.5 Å². The molecular formula is C17H20ClFN4O. The maximum absolute atomic E-state index is 13.6. The minimum Gasteiger partial charge on any atom is -0.351 e. The van der Waals surface area contributed by atoms with Crippen molar-refractivity contribution in [3.05, 3.63) is 54.1 Å². The summed E-state index contributed by atoms with van der Waals surface area (Å²) in [7, 11) is 0. The zero-order chi connectivity index (χ0) is 16.1. The lowest BCUT2D eigenvalue weighted by Crippen LogP contribution is -2.40. The van der Waals surface area contributed by atoms with E-state index in [0.717, 1.165) is 25.7 Å². The van der Waals surface area contributed by atoms with Crippen LogP contribution in [0.3, 0.4) is 0 Å². The number of carbonyl (C=O) groups is 1. The Kier molecular flexibility index (Phi) is 6.49. The van der Waals surface area contributed by atoms with Gasteiger partial charge in [0.25, 0.3) is 5.91 Å². The van der Waals surface area contributed by atoms with Crippen LogP contribution in [0, 0.1) is 5.82 Å². The molecule has 0 unspecified atom stereocenters. The number of halogens is 2. The summed E-state index contributed by atoms with van der Waals surface area (Å²) in [6.45, 7) is 0. The first-order chi connectivity index (χ1) is 11.2. The van der Waals surface area contributed by atoms with Crippen molar-refractivity contribution in [2.24, 2.45) is 0 Å². The highest BCUT2D eigenvalue weighted by Crippen LogP contribution is 2.21. The average molecular weight is 351 g/mol. The topological polar surface area (TPSA) is 66.9 Å². The van der Waals surface area contributed by atoms with Crippen LogP contribution < -0.4 is 10.6 Å². The maximum atomic E-state index is 13.6. The molecule has 2 N–H and O–H groups in total. The van der Waals surface area contributed by atoms with Gasteiger partial charge in [0.05, 0.1) is 5.56 Å². The number of benzene rings is 1. The van der Waals surface area contributed by atoms with Crippen molar-refractivity contribution in [2.75, 3.05) is 5.32 Å². The van der Waals surface area contributed by atoms with Gasteiger partial charge in [-0.1, -0.05) is 12.1 Å². The highest BCUT2D eigenvalue weighted by Gasteiger charge is 2.23. The van der Waals surface area contributed by atoms with Crippen molar-refractivity contribution < 1.29 is 9.18 Å². The lowest BCUT2D eigenvalue weighted by molar-refractivity contribution is 0.0922. The van der Waals surface area contributed by atoms with Crippen molar-refractivity contribution in [3.63, 3.8) is 0 Å². The molecule has 0 atom stereocenters. The molecule has 1 aliphatic carbocycles. The molecule has 3 rings (SSSR count). The fourth-order valence-corrected chi connectivity index (χ4v) is 2.85. The minimum absolute atomic E-state index is 0. The van der Waals surface area contributed by atoms with Crippen LogP contribution in [-0.2, 0) is 0 Å². The second-order valence-corrected chi connectivity index (χ2v) is 5.72. The van der Waals surface area contributed by atoms with Crippen molar-refractivity contribution in [1.82, 2.24) is 15.3 Å². The van der Waals surface area contributed by atoms with Crippen molar-refractivity contribution in [2.45, 2.75) is 37.8 Å². The summed E-state index contributed by atoms with van der Waals surface area (Å²) >= 11 is 0. The molecule has 1 heterocycles.